The molecule has 4 amide bonds. The lowest BCUT2D eigenvalue weighted by atomic mass is 9.43. The summed E-state index contributed by atoms with van der Waals surface area (Å²) in [6.45, 7) is 13.3. The maximum Gasteiger partial charge on any atom is 0.481 e. The third kappa shape index (κ3) is 14.6. The van der Waals surface area contributed by atoms with Crippen LogP contribution in [0.2, 0.25) is 0 Å². The van der Waals surface area contributed by atoms with Crippen molar-refractivity contribution in [1.29, 1.82) is 0 Å². The zero-order valence-electron chi connectivity index (χ0n) is 36.2. The Bertz CT molecular complexity index is 1210. The molecule has 4 rings (SSSR count). The van der Waals surface area contributed by atoms with E-state index in [0.717, 1.165) is 51.4 Å². The standard InChI is InChI=1S/C43H81BN6O6/c1-7-8-9-10-11-12-13-14-15-16-17-18-19-26-38(51)49-34(24-20-22-27-45)41(54)48-31(2)39(52)47-32(3)40(53)50-37(25-21-23-28-46)44-55-36-30-33-29-35(42(33,4)5)43(36,6)56-44/h31-37H,7-30,45-46H2,1-6H3,(H,47,52)(H,48,54)(H,49,51)(H,50,53)/t31-,32-,33-,34-,35-,36+,37-,43-/m0/s1. The number of nitrogens with two attached hydrogens (primary N) is 2. The van der Waals surface area contributed by atoms with Gasteiger partial charge in [0.2, 0.25) is 23.6 Å². The van der Waals surface area contributed by atoms with Crippen molar-refractivity contribution in [2.24, 2.45) is 28.7 Å². The molecule has 322 valence electrons. The third-order valence-electron chi connectivity index (χ3n) is 13.2. The van der Waals surface area contributed by atoms with Crippen LogP contribution in [0.25, 0.3) is 0 Å². The van der Waals surface area contributed by atoms with Gasteiger partial charge in [-0.15, -0.1) is 0 Å². The number of carbonyl (C=O) groups excluding carboxylic acids is 4. The minimum absolute atomic E-state index is 0.0112. The molecule has 0 aromatic rings. The van der Waals surface area contributed by atoms with Gasteiger partial charge < -0.3 is 42.0 Å². The van der Waals surface area contributed by atoms with E-state index >= 15 is 0 Å². The monoisotopic (exact) mass is 789 g/mol. The van der Waals surface area contributed by atoms with Crippen molar-refractivity contribution in [2.75, 3.05) is 13.1 Å². The molecule has 8 atom stereocenters. The van der Waals surface area contributed by atoms with Crippen LogP contribution in [0.4, 0.5) is 0 Å². The van der Waals surface area contributed by atoms with E-state index in [2.05, 4.69) is 49.0 Å². The first-order valence-electron chi connectivity index (χ1n) is 22.7. The van der Waals surface area contributed by atoms with Crippen LogP contribution in [-0.4, -0.2) is 79.6 Å². The van der Waals surface area contributed by atoms with Crippen LogP contribution >= 0.6 is 0 Å². The highest BCUT2D eigenvalue weighted by Crippen LogP contribution is 2.65. The van der Waals surface area contributed by atoms with Gasteiger partial charge in [-0.3, -0.25) is 19.2 Å². The van der Waals surface area contributed by atoms with Crippen LogP contribution in [0, 0.1) is 17.3 Å². The van der Waals surface area contributed by atoms with Gasteiger partial charge in [-0.2, -0.15) is 0 Å². The van der Waals surface area contributed by atoms with Crippen molar-refractivity contribution in [2.45, 2.75) is 219 Å². The summed E-state index contributed by atoms with van der Waals surface area (Å²) in [7, 11) is -0.584. The van der Waals surface area contributed by atoms with Gasteiger partial charge in [-0.25, -0.2) is 0 Å². The van der Waals surface area contributed by atoms with Crippen LogP contribution < -0.4 is 32.7 Å². The maximum atomic E-state index is 13.5. The van der Waals surface area contributed by atoms with E-state index in [9.17, 15) is 19.2 Å². The molecule has 2 bridgehead atoms. The van der Waals surface area contributed by atoms with Gasteiger partial charge in [0.25, 0.3) is 0 Å². The molecule has 0 spiro atoms. The summed E-state index contributed by atoms with van der Waals surface area (Å²) >= 11 is 0. The highest BCUT2D eigenvalue weighted by atomic mass is 16.7. The number of carbonyl (C=O) groups is 4. The van der Waals surface area contributed by atoms with Crippen molar-refractivity contribution in [3.63, 3.8) is 0 Å². The van der Waals surface area contributed by atoms with Gasteiger partial charge in [0.1, 0.15) is 18.1 Å². The average molecular weight is 789 g/mol. The minimum atomic E-state index is -0.924. The highest BCUT2D eigenvalue weighted by molar-refractivity contribution is 6.47. The average Bonchev–Trinajstić information content (AvgIpc) is 3.53. The summed E-state index contributed by atoms with van der Waals surface area (Å²) in [6.07, 6.45) is 22.5. The molecule has 13 heteroatoms. The first-order valence-corrected chi connectivity index (χ1v) is 22.7. The van der Waals surface area contributed by atoms with Gasteiger partial charge in [0.05, 0.1) is 17.6 Å². The molecule has 8 N–H and O–H groups in total. The Morgan fingerprint density at radius 1 is 0.661 bits per heavy atom. The first-order chi connectivity index (χ1) is 26.8. The Kier molecular flexibility index (Phi) is 21.2. The molecule has 1 saturated heterocycles. The summed E-state index contributed by atoms with van der Waals surface area (Å²) in [5.74, 6) is -0.814. The Morgan fingerprint density at radius 3 is 1.73 bits per heavy atom. The van der Waals surface area contributed by atoms with Crippen LogP contribution in [-0.2, 0) is 28.5 Å². The van der Waals surface area contributed by atoms with E-state index in [1.165, 1.54) is 64.2 Å². The lowest BCUT2D eigenvalue weighted by molar-refractivity contribution is -0.199. The molecular formula is C43H81BN6O6. The minimum Gasteiger partial charge on any atom is -0.404 e. The normalized spacial score (nSPS) is 24.3. The first kappa shape index (κ1) is 48.2. The largest absolute Gasteiger partial charge is 0.481 e. The molecule has 0 aromatic carbocycles. The van der Waals surface area contributed by atoms with Gasteiger partial charge in [0.15, 0.2) is 0 Å². The van der Waals surface area contributed by atoms with Crippen molar-refractivity contribution in [1.82, 2.24) is 21.3 Å². The number of hydrogen-bond acceptors (Lipinski definition) is 8. The van der Waals surface area contributed by atoms with Crippen molar-refractivity contribution in [3.8, 4) is 0 Å². The molecule has 56 heavy (non-hydrogen) atoms. The Hall–Kier alpha value is -2.22. The van der Waals surface area contributed by atoms with Crippen molar-refractivity contribution in [3.05, 3.63) is 0 Å². The van der Waals surface area contributed by atoms with E-state index in [0.29, 0.717) is 50.6 Å². The summed E-state index contributed by atoms with van der Waals surface area (Å²) in [4.78, 5) is 53.0. The smallest absolute Gasteiger partial charge is 0.404 e. The molecule has 0 radical (unpaired) electrons. The molecule has 1 aliphatic heterocycles. The fourth-order valence-electron chi connectivity index (χ4n) is 9.28. The second kappa shape index (κ2) is 24.6. The molecule has 1 heterocycles. The predicted molar refractivity (Wildman–Crippen MR) is 225 cm³/mol. The Balaban J connectivity index is 1.42. The van der Waals surface area contributed by atoms with Crippen LogP contribution in [0.3, 0.4) is 0 Å². The van der Waals surface area contributed by atoms with E-state index in [1.807, 2.05) is 0 Å². The molecule has 4 aliphatic rings. The molecule has 0 aromatic heterocycles. The summed E-state index contributed by atoms with van der Waals surface area (Å²) in [6, 6.07) is -2.56. The van der Waals surface area contributed by atoms with E-state index in [-0.39, 0.29) is 23.3 Å². The zero-order chi connectivity index (χ0) is 41.1. The highest BCUT2D eigenvalue weighted by Gasteiger charge is 2.68. The van der Waals surface area contributed by atoms with Crippen LogP contribution in [0.15, 0.2) is 0 Å². The second-order valence-corrected chi connectivity index (χ2v) is 18.1. The number of amides is 4. The zero-order valence-corrected chi connectivity index (χ0v) is 36.2. The van der Waals surface area contributed by atoms with Gasteiger partial charge >= 0.3 is 7.12 Å². The van der Waals surface area contributed by atoms with E-state index in [1.54, 1.807) is 13.8 Å². The van der Waals surface area contributed by atoms with Crippen LogP contribution in [0.1, 0.15) is 183 Å². The van der Waals surface area contributed by atoms with Gasteiger partial charge in [-0.1, -0.05) is 104 Å². The van der Waals surface area contributed by atoms with Crippen molar-refractivity contribution < 1.29 is 28.5 Å². The third-order valence-corrected chi connectivity index (χ3v) is 13.2. The lowest BCUT2D eigenvalue weighted by Crippen LogP contribution is -2.65. The molecular weight excluding hydrogens is 707 g/mol. The Labute approximate surface area is 340 Å². The molecule has 4 fully saturated rings. The quantitative estimate of drug-likeness (QED) is 0.0380. The fourth-order valence-corrected chi connectivity index (χ4v) is 9.28. The Morgan fingerprint density at radius 2 is 1.18 bits per heavy atom. The number of unbranched alkanes of at least 4 members (excludes halogenated alkanes) is 14. The SMILES string of the molecule is CCCCCCCCCCCCCCCC(=O)N[C@@H](CCCCN)C(=O)N[C@@H](C)C(=O)N[C@@H](C)C(=O)N[C@@H](CCCCN)B1O[C@@H]2C[C@@H]3C[C@@H](C3(C)C)[C@]2(C)O1. The fraction of sp³-hybridized carbons (Fsp3) is 0.907. The summed E-state index contributed by atoms with van der Waals surface area (Å²) in [5.41, 5.74) is 11.3. The maximum absolute atomic E-state index is 13.5. The molecule has 0 unspecified atom stereocenters. The predicted octanol–water partition coefficient (Wildman–Crippen LogP) is 5.97. The molecule has 3 aliphatic carbocycles. The lowest BCUT2D eigenvalue weighted by Gasteiger charge is -2.64. The number of nitrogens with one attached hydrogen (secondary N) is 4. The topological polar surface area (TPSA) is 187 Å². The van der Waals surface area contributed by atoms with Crippen LogP contribution in [0.5, 0.6) is 0 Å². The second-order valence-electron chi connectivity index (χ2n) is 18.1. The van der Waals surface area contributed by atoms with E-state index in [4.69, 9.17) is 20.8 Å². The van der Waals surface area contributed by atoms with E-state index < -0.39 is 48.6 Å². The number of hydrogen-bond donors (Lipinski definition) is 6. The summed E-state index contributed by atoms with van der Waals surface area (Å²) < 4.78 is 13.2. The van der Waals surface area contributed by atoms with Gasteiger partial charge in [0, 0.05) is 6.42 Å². The molecule has 3 saturated carbocycles. The van der Waals surface area contributed by atoms with Crippen molar-refractivity contribution >= 4 is 30.7 Å². The number of rotatable bonds is 30. The van der Waals surface area contributed by atoms with Gasteiger partial charge in [-0.05, 0) is 102 Å². The summed E-state index contributed by atoms with van der Waals surface area (Å²) in [5, 5.41) is 11.5. The molecule has 12 nitrogen and oxygen atoms in total.